The SMILES string of the molecule is Brc1ccc(C2C=N2)cc1. The molecule has 0 bridgehead atoms. The van der Waals surface area contributed by atoms with Crippen molar-refractivity contribution in [3.8, 4) is 0 Å². The van der Waals surface area contributed by atoms with E-state index in [0.29, 0.717) is 6.04 Å². The Hall–Kier alpha value is -0.630. The molecule has 2 rings (SSSR count). The van der Waals surface area contributed by atoms with Gasteiger partial charge in [0.2, 0.25) is 0 Å². The molecule has 10 heavy (non-hydrogen) atoms. The zero-order chi connectivity index (χ0) is 6.97. The highest BCUT2D eigenvalue weighted by Gasteiger charge is 2.14. The molecule has 1 aliphatic heterocycles. The fraction of sp³-hybridized carbons (Fsp3) is 0.125. The summed E-state index contributed by atoms with van der Waals surface area (Å²) in [6.45, 7) is 0. The zero-order valence-electron chi connectivity index (χ0n) is 5.29. The summed E-state index contributed by atoms with van der Waals surface area (Å²) in [6, 6.07) is 8.63. The van der Waals surface area contributed by atoms with E-state index in [4.69, 9.17) is 0 Å². The van der Waals surface area contributed by atoms with Crippen LogP contribution in [0.5, 0.6) is 0 Å². The van der Waals surface area contributed by atoms with Crippen LogP contribution in [0.2, 0.25) is 0 Å². The Morgan fingerprint density at radius 3 is 2.30 bits per heavy atom. The van der Waals surface area contributed by atoms with Crippen LogP contribution in [0.1, 0.15) is 11.6 Å². The van der Waals surface area contributed by atoms with Crippen molar-refractivity contribution in [1.82, 2.24) is 0 Å². The normalized spacial score (nSPS) is 21.1. The second kappa shape index (κ2) is 2.20. The van der Waals surface area contributed by atoms with Gasteiger partial charge in [0.25, 0.3) is 0 Å². The fourth-order valence-corrected chi connectivity index (χ4v) is 1.14. The first-order chi connectivity index (χ1) is 4.86. The maximum Gasteiger partial charge on any atom is 0.109 e. The van der Waals surface area contributed by atoms with E-state index < -0.39 is 0 Å². The van der Waals surface area contributed by atoms with Crippen LogP contribution in [0.3, 0.4) is 0 Å². The minimum atomic E-state index is 0.382. The van der Waals surface area contributed by atoms with Gasteiger partial charge in [-0.25, -0.2) is 0 Å². The van der Waals surface area contributed by atoms with Crippen LogP contribution in [-0.4, -0.2) is 6.21 Å². The van der Waals surface area contributed by atoms with Crippen LogP contribution in [0.15, 0.2) is 33.7 Å². The van der Waals surface area contributed by atoms with E-state index in [1.807, 2.05) is 18.3 Å². The molecule has 1 aromatic carbocycles. The molecular weight excluding hydrogens is 190 g/mol. The van der Waals surface area contributed by atoms with Crippen LogP contribution in [0.4, 0.5) is 0 Å². The standard InChI is InChI=1S/C8H6BrN/c9-7-3-1-6(2-4-7)8-5-10-8/h1-5,8H. The van der Waals surface area contributed by atoms with Crippen LogP contribution < -0.4 is 0 Å². The summed E-state index contributed by atoms with van der Waals surface area (Å²) in [6.07, 6.45) is 1.95. The third-order valence-electron chi connectivity index (χ3n) is 1.51. The Morgan fingerprint density at radius 1 is 1.20 bits per heavy atom. The molecule has 1 unspecified atom stereocenters. The summed E-state index contributed by atoms with van der Waals surface area (Å²) < 4.78 is 1.12. The Labute approximate surface area is 67.9 Å². The summed E-state index contributed by atoms with van der Waals surface area (Å²) in [5, 5.41) is 0. The maximum absolute atomic E-state index is 4.06. The van der Waals surface area contributed by atoms with E-state index in [0.717, 1.165) is 4.47 Å². The quantitative estimate of drug-likeness (QED) is 0.654. The van der Waals surface area contributed by atoms with Crippen LogP contribution in [0.25, 0.3) is 0 Å². The number of rotatable bonds is 1. The Kier molecular flexibility index (Phi) is 1.34. The highest BCUT2D eigenvalue weighted by molar-refractivity contribution is 9.10. The predicted molar refractivity (Wildman–Crippen MR) is 45.4 cm³/mol. The van der Waals surface area contributed by atoms with Gasteiger partial charge in [-0.3, -0.25) is 4.99 Å². The lowest BCUT2D eigenvalue weighted by Crippen LogP contribution is -1.79. The van der Waals surface area contributed by atoms with Gasteiger partial charge in [0.1, 0.15) is 6.04 Å². The van der Waals surface area contributed by atoms with Crippen LogP contribution in [-0.2, 0) is 0 Å². The van der Waals surface area contributed by atoms with Crippen LogP contribution >= 0.6 is 15.9 Å². The van der Waals surface area contributed by atoms with E-state index >= 15 is 0 Å². The second-order valence-electron chi connectivity index (χ2n) is 2.29. The third kappa shape index (κ3) is 1.12. The molecule has 1 aliphatic rings. The van der Waals surface area contributed by atoms with Gasteiger partial charge >= 0.3 is 0 Å². The Bertz CT molecular complexity index is 257. The average molecular weight is 196 g/mol. The lowest BCUT2D eigenvalue weighted by Gasteiger charge is -1.94. The molecule has 0 N–H and O–H groups in total. The molecule has 0 saturated carbocycles. The van der Waals surface area contributed by atoms with Crippen LogP contribution in [0, 0.1) is 0 Å². The minimum Gasteiger partial charge on any atom is -0.281 e. The van der Waals surface area contributed by atoms with Gasteiger partial charge in [-0.15, -0.1) is 0 Å². The fourth-order valence-electron chi connectivity index (χ4n) is 0.875. The van der Waals surface area contributed by atoms with Crippen molar-refractivity contribution in [3.63, 3.8) is 0 Å². The highest BCUT2D eigenvalue weighted by atomic mass is 79.9. The van der Waals surface area contributed by atoms with Gasteiger partial charge in [-0.2, -0.15) is 0 Å². The maximum atomic E-state index is 4.06. The highest BCUT2D eigenvalue weighted by Crippen LogP contribution is 2.24. The number of benzene rings is 1. The van der Waals surface area contributed by atoms with Crippen molar-refractivity contribution in [2.75, 3.05) is 0 Å². The number of hydrogen-bond donors (Lipinski definition) is 0. The number of halogens is 1. The molecule has 0 radical (unpaired) electrons. The molecule has 0 aliphatic carbocycles. The lowest BCUT2D eigenvalue weighted by molar-refractivity contribution is 1.14. The number of nitrogens with zero attached hydrogens (tertiary/aromatic N) is 1. The van der Waals surface area contributed by atoms with Gasteiger partial charge in [0.15, 0.2) is 0 Å². The Morgan fingerprint density at radius 2 is 1.80 bits per heavy atom. The van der Waals surface area contributed by atoms with Gasteiger partial charge in [-0.1, -0.05) is 28.1 Å². The molecule has 1 atom stereocenters. The molecule has 1 heterocycles. The summed E-state index contributed by atoms with van der Waals surface area (Å²) in [5.74, 6) is 0. The summed E-state index contributed by atoms with van der Waals surface area (Å²) in [5.41, 5.74) is 1.28. The van der Waals surface area contributed by atoms with E-state index in [1.54, 1.807) is 0 Å². The first kappa shape index (κ1) is 6.10. The second-order valence-corrected chi connectivity index (χ2v) is 3.21. The Balaban J connectivity index is 2.28. The van der Waals surface area contributed by atoms with E-state index in [2.05, 4.69) is 33.1 Å². The molecule has 1 aromatic rings. The molecule has 0 spiro atoms. The van der Waals surface area contributed by atoms with Crippen molar-refractivity contribution < 1.29 is 0 Å². The molecule has 2 heteroatoms. The van der Waals surface area contributed by atoms with Gasteiger partial charge in [0.05, 0.1) is 0 Å². The molecule has 0 fully saturated rings. The molecule has 0 saturated heterocycles. The van der Waals surface area contributed by atoms with Crippen molar-refractivity contribution >= 4 is 22.1 Å². The van der Waals surface area contributed by atoms with Gasteiger partial charge in [-0.05, 0) is 17.7 Å². The van der Waals surface area contributed by atoms with Crippen molar-refractivity contribution in [2.24, 2.45) is 4.99 Å². The molecule has 1 nitrogen and oxygen atoms in total. The molecule has 0 amide bonds. The van der Waals surface area contributed by atoms with Gasteiger partial charge < -0.3 is 0 Å². The van der Waals surface area contributed by atoms with Gasteiger partial charge in [0, 0.05) is 10.7 Å². The predicted octanol–water partition coefficient (Wildman–Crippen LogP) is 2.57. The topological polar surface area (TPSA) is 12.4 Å². The number of aliphatic imine (C=N–C) groups is 1. The summed E-state index contributed by atoms with van der Waals surface area (Å²) in [4.78, 5) is 4.06. The van der Waals surface area contributed by atoms with E-state index in [-0.39, 0.29) is 0 Å². The van der Waals surface area contributed by atoms with E-state index in [9.17, 15) is 0 Å². The van der Waals surface area contributed by atoms with Crippen molar-refractivity contribution in [2.45, 2.75) is 6.04 Å². The lowest BCUT2D eigenvalue weighted by atomic mass is 10.1. The average Bonchev–Trinajstić information content (AvgIpc) is 2.71. The minimum absolute atomic E-state index is 0.382. The first-order valence-electron chi connectivity index (χ1n) is 3.15. The van der Waals surface area contributed by atoms with Crippen molar-refractivity contribution in [1.29, 1.82) is 0 Å². The van der Waals surface area contributed by atoms with E-state index in [1.165, 1.54) is 5.56 Å². The summed E-state index contributed by atoms with van der Waals surface area (Å²) in [7, 11) is 0. The monoisotopic (exact) mass is 195 g/mol. The molecule has 0 aromatic heterocycles. The number of hydrogen-bond acceptors (Lipinski definition) is 1. The zero-order valence-corrected chi connectivity index (χ0v) is 6.88. The largest absolute Gasteiger partial charge is 0.281 e. The third-order valence-corrected chi connectivity index (χ3v) is 2.04. The first-order valence-corrected chi connectivity index (χ1v) is 3.94. The molecular formula is C8H6BrN. The van der Waals surface area contributed by atoms with Crippen molar-refractivity contribution in [3.05, 3.63) is 34.3 Å². The summed E-state index contributed by atoms with van der Waals surface area (Å²) >= 11 is 3.37. The molecule has 50 valence electrons. The smallest absolute Gasteiger partial charge is 0.109 e.